The first kappa shape index (κ1) is 19.0. The Kier molecular flexibility index (Phi) is 6.18. The van der Waals surface area contributed by atoms with Crippen molar-refractivity contribution in [2.24, 2.45) is 5.92 Å². The van der Waals surface area contributed by atoms with Crippen LogP contribution in [0.2, 0.25) is 0 Å². The molecule has 7 heteroatoms. The van der Waals surface area contributed by atoms with Gasteiger partial charge in [-0.25, -0.2) is 0 Å². The van der Waals surface area contributed by atoms with Crippen molar-refractivity contribution in [3.8, 4) is 0 Å². The van der Waals surface area contributed by atoms with E-state index in [1.165, 1.54) is 31.3 Å². The molecule has 0 spiro atoms. The van der Waals surface area contributed by atoms with Crippen molar-refractivity contribution in [2.75, 3.05) is 13.6 Å². The Balaban J connectivity index is 3.16. The van der Waals surface area contributed by atoms with E-state index >= 15 is 0 Å². The Morgan fingerprint density at radius 2 is 1.74 bits per heavy atom. The Bertz CT molecular complexity index is 571. The van der Waals surface area contributed by atoms with Crippen LogP contribution in [0.25, 0.3) is 0 Å². The molecule has 0 fully saturated rings. The van der Waals surface area contributed by atoms with Gasteiger partial charge in [0.05, 0.1) is 0 Å². The van der Waals surface area contributed by atoms with Gasteiger partial charge in [0.15, 0.2) is 0 Å². The van der Waals surface area contributed by atoms with E-state index in [1.807, 2.05) is 0 Å². The van der Waals surface area contributed by atoms with Crippen LogP contribution in [0.3, 0.4) is 0 Å². The summed E-state index contributed by atoms with van der Waals surface area (Å²) in [7, 11) is 1.44. The van der Waals surface area contributed by atoms with Gasteiger partial charge in [0, 0.05) is 24.2 Å². The molecule has 1 N–H and O–H groups in total. The van der Waals surface area contributed by atoms with Crippen molar-refractivity contribution >= 4 is 11.8 Å². The molecule has 0 unspecified atom stereocenters. The van der Waals surface area contributed by atoms with Crippen LogP contribution >= 0.6 is 0 Å². The summed E-state index contributed by atoms with van der Waals surface area (Å²) >= 11 is 0. The summed E-state index contributed by atoms with van der Waals surface area (Å²) in [6, 6.07) is 5.09. The maximum absolute atomic E-state index is 12.8. The number of carbonyl (C=O) groups is 2. The molecule has 1 rings (SSSR count). The quantitative estimate of drug-likeness (QED) is 0.902. The molecule has 0 saturated carbocycles. The van der Waals surface area contributed by atoms with Crippen LogP contribution in [0.5, 0.6) is 0 Å². The highest BCUT2D eigenvalue weighted by Gasteiger charge is 2.36. The van der Waals surface area contributed by atoms with Crippen LogP contribution in [0.4, 0.5) is 13.2 Å². The molecule has 2 amide bonds. The van der Waals surface area contributed by atoms with E-state index in [1.54, 1.807) is 20.8 Å². The second-order valence-corrected chi connectivity index (χ2v) is 5.69. The predicted octanol–water partition coefficient (Wildman–Crippen LogP) is 3.10. The van der Waals surface area contributed by atoms with E-state index in [0.29, 0.717) is 0 Å². The van der Waals surface area contributed by atoms with E-state index < -0.39 is 30.6 Å². The lowest BCUT2D eigenvalue weighted by Gasteiger charge is -2.32. The summed E-state index contributed by atoms with van der Waals surface area (Å²) in [6.45, 7) is 3.76. The number of halogens is 3. The molecule has 23 heavy (non-hydrogen) atoms. The number of rotatable bonds is 5. The van der Waals surface area contributed by atoms with Crippen molar-refractivity contribution in [2.45, 2.75) is 33.0 Å². The van der Waals surface area contributed by atoms with Crippen LogP contribution in [-0.4, -0.2) is 42.5 Å². The Morgan fingerprint density at radius 1 is 1.17 bits per heavy atom. The SMILES string of the molecule is CNC(=O)c1cccc(C(=O)N(CC(F)(F)F)[C@@H](C)C(C)C)c1. The standard InChI is InChI=1S/C16H21F3N2O2/c1-10(2)11(3)21(9-16(17,18)19)15(23)13-7-5-6-12(8-13)14(22)20-4/h5-8,10-11H,9H2,1-4H3,(H,20,22)/t11-/m0/s1. The van der Waals surface area contributed by atoms with E-state index in [2.05, 4.69) is 5.32 Å². The lowest BCUT2D eigenvalue weighted by atomic mass is 10.0. The maximum Gasteiger partial charge on any atom is 0.406 e. The molecule has 0 radical (unpaired) electrons. The molecule has 0 aliphatic heterocycles. The van der Waals surface area contributed by atoms with Gasteiger partial charge in [-0.3, -0.25) is 9.59 Å². The molecular weight excluding hydrogens is 309 g/mol. The number of nitrogens with one attached hydrogen (secondary N) is 1. The van der Waals surface area contributed by atoms with Gasteiger partial charge in [-0.1, -0.05) is 19.9 Å². The maximum atomic E-state index is 12.8. The van der Waals surface area contributed by atoms with Crippen LogP contribution in [0.1, 0.15) is 41.5 Å². The fourth-order valence-electron chi connectivity index (χ4n) is 2.06. The number of alkyl halides is 3. The van der Waals surface area contributed by atoms with Crippen LogP contribution in [0, 0.1) is 5.92 Å². The van der Waals surface area contributed by atoms with Crippen LogP contribution in [-0.2, 0) is 0 Å². The number of nitrogens with zero attached hydrogens (tertiary/aromatic N) is 1. The topological polar surface area (TPSA) is 49.4 Å². The Morgan fingerprint density at radius 3 is 2.22 bits per heavy atom. The number of benzene rings is 1. The second-order valence-electron chi connectivity index (χ2n) is 5.69. The van der Waals surface area contributed by atoms with Gasteiger partial charge in [0.2, 0.25) is 0 Å². The summed E-state index contributed by atoms with van der Waals surface area (Å²) in [6.07, 6.45) is -4.49. The third-order valence-electron chi connectivity index (χ3n) is 3.67. The van der Waals surface area contributed by atoms with Crippen molar-refractivity contribution < 1.29 is 22.8 Å². The molecule has 0 heterocycles. The highest BCUT2D eigenvalue weighted by atomic mass is 19.4. The molecule has 0 aromatic heterocycles. The zero-order valence-electron chi connectivity index (χ0n) is 13.6. The van der Waals surface area contributed by atoms with Gasteiger partial charge in [-0.05, 0) is 31.0 Å². The molecule has 0 aliphatic rings. The second kappa shape index (κ2) is 7.48. The van der Waals surface area contributed by atoms with Gasteiger partial charge < -0.3 is 10.2 Å². The highest BCUT2D eigenvalue weighted by Crippen LogP contribution is 2.23. The van der Waals surface area contributed by atoms with Gasteiger partial charge in [0.25, 0.3) is 11.8 Å². The summed E-state index contributed by atoms with van der Waals surface area (Å²) in [4.78, 5) is 24.9. The van der Waals surface area contributed by atoms with Gasteiger partial charge >= 0.3 is 6.18 Å². The molecule has 128 valence electrons. The first-order valence-corrected chi connectivity index (χ1v) is 7.26. The molecule has 0 aliphatic carbocycles. The van der Waals surface area contributed by atoms with E-state index in [-0.39, 0.29) is 17.0 Å². The first-order chi connectivity index (χ1) is 10.6. The summed E-state index contributed by atoms with van der Waals surface area (Å²) < 4.78 is 38.4. The minimum Gasteiger partial charge on any atom is -0.355 e. The van der Waals surface area contributed by atoms with E-state index in [0.717, 1.165) is 4.90 Å². The van der Waals surface area contributed by atoms with Gasteiger partial charge in [-0.2, -0.15) is 13.2 Å². The van der Waals surface area contributed by atoms with Crippen molar-refractivity contribution in [3.05, 3.63) is 35.4 Å². The highest BCUT2D eigenvalue weighted by molar-refractivity contribution is 5.99. The fourth-order valence-corrected chi connectivity index (χ4v) is 2.06. The number of amides is 2. The fraction of sp³-hybridized carbons (Fsp3) is 0.500. The number of hydrogen-bond acceptors (Lipinski definition) is 2. The molecule has 4 nitrogen and oxygen atoms in total. The van der Waals surface area contributed by atoms with Crippen molar-refractivity contribution in [1.29, 1.82) is 0 Å². The minimum absolute atomic E-state index is 0.0582. The number of carbonyl (C=O) groups excluding carboxylic acids is 2. The summed E-state index contributed by atoms with van der Waals surface area (Å²) in [5.41, 5.74) is 0.283. The Labute approximate surface area is 133 Å². The average Bonchev–Trinajstić information content (AvgIpc) is 2.49. The van der Waals surface area contributed by atoms with Gasteiger partial charge in [-0.15, -0.1) is 0 Å². The molecule has 0 bridgehead atoms. The molecule has 1 atom stereocenters. The van der Waals surface area contributed by atoms with Crippen molar-refractivity contribution in [1.82, 2.24) is 10.2 Å². The van der Waals surface area contributed by atoms with Crippen LogP contribution in [0.15, 0.2) is 24.3 Å². The van der Waals surface area contributed by atoms with Crippen LogP contribution < -0.4 is 5.32 Å². The monoisotopic (exact) mass is 330 g/mol. The lowest BCUT2D eigenvalue weighted by molar-refractivity contribution is -0.145. The lowest BCUT2D eigenvalue weighted by Crippen LogP contribution is -2.46. The summed E-state index contributed by atoms with van der Waals surface area (Å²) in [5.74, 6) is -1.28. The zero-order chi connectivity index (χ0) is 17.8. The third-order valence-corrected chi connectivity index (χ3v) is 3.67. The Hall–Kier alpha value is -2.05. The predicted molar refractivity (Wildman–Crippen MR) is 81.2 cm³/mol. The summed E-state index contributed by atoms with van der Waals surface area (Å²) in [5, 5.41) is 2.41. The van der Waals surface area contributed by atoms with Gasteiger partial charge in [0.1, 0.15) is 6.54 Å². The first-order valence-electron chi connectivity index (χ1n) is 7.26. The minimum atomic E-state index is -4.49. The van der Waals surface area contributed by atoms with Crippen molar-refractivity contribution in [3.63, 3.8) is 0 Å². The largest absolute Gasteiger partial charge is 0.406 e. The zero-order valence-corrected chi connectivity index (χ0v) is 13.6. The molecular formula is C16H21F3N2O2. The third kappa shape index (κ3) is 5.26. The van der Waals surface area contributed by atoms with E-state index in [9.17, 15) is 22.8 Å². The smallest absolute Gasteiger partial charge is 0.355 e. The molecule has 1 aromatic carbocycles. The molecule has 0 saturated heterocycles. The molecule has 1 aromatic rings. The normalized spacial score (nSPS) is 12.9. The van der Waals surface area contributed by atoms with E-state index in [4.69, 9.17) is 0 Å². The number of hydrogen-bond donors (Lipinski definition) is 1. The average molecular weight is 330 g/mol.